The number of pyridine rings is 1. The van der Waals surface area contributed by atoms with E-state index in [1.54, 1.807) is 25.5 Å². The maximum Gasteiger partial charge on any atom is 0.267 e. The van der Waals surface area contributed by atoms with E-state index in [9.17, 15) is 4.79 Å². The van der Waals surface area contributed by atoms with Gasteiger partial charge in [-0.15, -0.1) is 0 Å². The van der Waals surface area contributed by atoms with Crippen LogP contribution in [-0.2, 0) is 7.05 Å². The molecule has 0 aliphatic carbocycles. The van der Waals surface area contributed by atoms with Crippen molar-refractivity contribution < 1.29 is 4.74 Å². The minimum Gasteiger partial charge on any atom is -0.457 e. The first kappa shape index (κ1) is 19.4. The molecule has 0 aliphatic heterocycles. The molecular weight excluding hydrogens is 376 g/mol. The van der Waals surface area contributed by atoms with Gasteiger partial charge in [0.25, 0.3) is 5.56 Å². The molecule has 0 spiro atoms. The first-order valence-electron chi connectivity index (χ1n) is 9.56. The summed E-state index contributed by atoms with van der Waals surface area (Å²) in [6.07, 6.45) is 3.53. The Morgan fingerprint density at radius 3 is 2.40 bits per heavy atom. The number of rotatable bonds is 5. The summed E-state index contributed by atoms with van der Waals surface area (Å²) >= 11 is 0. The van der Waals surface area contributed by atoms with Gasteiger partial charge in [-0.2, -0.15) is 5.10 Å². The van der Waals surface area contributed by atoms with Crippen LogP contribution in [0.4, 0.5) is 5.69 Å². The monoisotopic (exact) mass is 398 g/mol. The zero-order valence-electron chi connectivity index (χ0n) is 17.1. The van der Waals surface area contributed by atoms with Gasteiger partial charge in [0, 0.05) is 50.1 Å². The Kier molecular flexibility index (Phi) is 5.30. The van der Waals surface area contributed by atoms with Crippen LogP contribution in [0.1, 0.15) is 0 Å². The van der Waals surface area contributed by atoms with E-state index in [1.807, 2.05) is 79.7 Å². The predicted octanol–water partition coefficient (Wildman–Crippen LogP) is 4.37. The largest absolute Gasteiger partial charge is 0.457 e. The van der Waals surface area contributed by atoms with Crippen molar-refractivity contribution in [2.24, 2.45) is 7.05 Å². The maximum absolute atomic E-state index is 12.4. The fraction of sp³-hybridized carbons (Fsp3) is 0.125. The molecule has 0 amide bonds. The highest BCUT2D eigenvalue weighted by Crippen LogP contribution is 2.37. The zero-order chi connectivity index (χ0) is 21.1. The molecule has 0 N–H and O–H groups in total. The lowest BCUT2D eigenvalue weighted by Gasteiger charge is -2.16. The van der Waals surface area contributed by atoms with Crippen molar-refractivity contribution in [1.29, 1.82) is 0 Å². The summed E-state index contributed by atoms with van der Waals surface area (Å²) in [6, 6.07) is 20.9. The van der Waals surface area contributed by atoms with Crippen molar-refractivity contribution in [2.45, 2.75) is 0 Å². The van der Waals surface area contributed by atoms with Crippen LogP contribution in [0.3, 0.4) is 0 Å². The zero-order valence-corrected chi connectivity index (χ0v) is 17.1. The van der Waals surface area contributed by atoms with Crippen molar-refractivity contribution in [3.8, 4) is 33.9 Å². The average Bonchev–Trinajstić information content (AvgIpc) is 2.76. The molecule has 0 fully saturated rings. The summed E-state index contributed by atoms with van der Waals surface area (Å²) in [6.45, 7) is 0. The number of anilines is 1. The normalized spacial score (nSPS) is 10.6. The van der Waals surface area contributed by atoms with E-state index in [2.05, 4.69) is 10.1 Å². The van der Waals surface area contributed by atoms with Crippen LogP contribution in [0.2, 0.25) is 0 Å². The molecule has 0 unspecified atom stereocenters. The number of hydrogen-bond acceptors (Lipinski definition) is 5. The Hall–Kier alpha value is -3.93. The Bertz CT molecular complexity index is 1230. The number of ether oxygens (including phenoxy) is 1. The highest BCUT2D eigenvalue weighted by Gasteiger charge is 2.17. The molecule has 30 heavy (non-hydrogen) atoms. The Morgan fingerprint density at radius 1 is 0.900 bits per heavy atom. The Labute approximate surface area is 175 Å². The third kappa shape index (κ3) is 3.93. The number of aryl methyl sites for hydroxylation is 1. The topological polar surface area (TPSA) is 60.2 Å². The molecule has 0 aliphatic rings. The molecule has 0 atom stereocenters. The van der Waals surface area contributed by atoms with Gasteiger partial charge in [0.1, 0.15) is 17.2 Å². The Morgan fingerprint density at radius 2 is 1.63 bits per heavy atom. The highest BCUT2D eigenvalue weighted by molar-refractivity contribution is 5.83. The van der Waals surface area contributed by atoms with E-state index < -0.39 is 0 Å². The lowest BCUT2D eigenvalue weighted by atomic mass is 10.0. The molecule has 150 valence electrons. The Balaban J connectivity index is 1.89. The predicted molar refractivity (Wildman–Crippen MR) is 119 cm³/mol. The van der Waals surface area contributed by atoms with Crippen LogP contribution in [-0.4, -0.2) is 28.9 Å². The van der Waals surface area contributed by atoms with Crippen LogP contribution >= 0.6 is 0 Å². The third-order valence-corrected chi connectivity index (χ3v) is 4.76. The van der Waals surface area contributed by atoms with E-state index in [-0.39, 0.29) is 5.56 Å². The lowest BCUT2D eigenvalue weighted by Crippen LogP contribution is -2.20. The second-order valence-corrected chi connectivity index (χ2v) is 7.11. The summed E-state index contributed by atoms with van der Waals surface area (Å²) < 4.78 is 7.47. The minimum atomic E-state index is -0.189. The minimum absolute atomic E-state index is 0.189. The van der Waals surface area contributed by atoms with Crippen LogP contribution in [0.5, 0.6) is 11.5 Å². The number of benzene rings is 2. The van der Waals surface area contributed by atoms with Gasteiger partial charge in [0.15, 0.2) is 0 Å². The molecule has 4 aromatic rings. The van der Waals surface area contributed by atoms with E-state index in [1.165, 1.54) is 4.68 Å². The van der Waals surface area contributed by atoms with E-state index in [0.29, 0.717) is 17.0 Å². The van der Waals surface area contributed by atoms with Crippen LogP contribution in [0, 0.1) is 0 Å². The van der Waals surface area contributed by atoms with Crippen LogP contribution in [0.25, 0.3) is 22.4 Å². The summed E-state index contributed by atoms with van der Waals surface area (Å²) in [7, 11) is 5.55. The molecule has 0 radical (unpaired) electrons. The molecule has 6 heteroatoms. The standard InChI is InChI=1S/C24H22N4O2/c1-27(2)18-13-17(15-25-16-18)21-14-23(29)28(3)26-24(21)20-11-7-8-12-22(20)30-19-9-5-4-6-10-19/h4-16H,1-3H3. The second kappa shape index (κ2) is 8.21. The average molecular weight is 398 g/mol. The van der Waals surface area contributed by atoms with Crippen LogP contribution in [0.15, 0.2) is 83.9 Å². The molecule has 2 aromatic carbocycles. The SMILES string of the molecule is CN(C)c1cncc(-c2cc(=O)n(C)nc2-c2ccccc2Oc2ccccc2)c1. The van der Waals surface area contributed by atoms with Gasteiger partial charge < -0.3 is 9.64 Å². The quantitative estimate of drug-likeness (QED) is 0.500. The molecule has 0 bridgehead atoms. The number of aromatic nitrogens is 3. The van der Waals surface area contributed by atoms with Crippen molar-refractivity contribution in [2.75, 3.05) is 19.0 Å². The molecule has 2 heterocycles. The summed E-state index contributed by atoms with van der Waals surface area (Å²) in [5.74, 6) is 1.39. The van der Waals surface area contributed by atoms with Gasteiger partial charge in [-0.05, 0) is 30.3 Å². The molecule has 0 saturated heterocycles. The van der Waals surface area contributed by atoms with Gasteiger partial charge in [0.05, 0.1) is 11.9 Å². The van der Waals surface area contributed by atoms with Crippen molar-refractivity contribution in [3.05, 3.63) is 89.5 Å². The van der Waals surface area contributed by atoms with Gasteiger partial charge >= 0.3 is 0 Å². The second-order valence-electron chi connectivity index (χ2n) is 7.11. The van der Waals surface area contributed by atoms with Crippen molar-refractivity contribution in [3.63, 3.8) is 0 Å². The number of nitrogens with zero attached hydrogens (tertiary/aromatic N) is 4. The number of para-hydroxylation sites is 2. The number of hydrogen-bond donors (Lipinski definition) is 0. The van der Waals surface area contributed by atoms with Gasteiger partial charge in [-0.1, -0.05) is 30.3 Å². The summed E-state index contributed by atoms with van der Waals surface area (Å²) in [4.78, 5) is 18.7. The van der Waals surface area contributed by atoms with Gasteiger partial charge in [-0.3, -0.25) is 9.78 Å². The fourth-order valence-corrected chi connectivity index (χ4v) is 3.14. The summed E-state index contributed by atoms with van der Waals surface area (Å²) in [5.41, 5.74) is 3.72. The van der Waals surface area contributed by atoms with E-state index in [4.69, 9.17) is 4.74 Å². The molecule has 6 nitrogen and oxygen atoms in total. The van der Waals surface area contributed by atoms with Crippen molar-refractivity contribution >= 4 is 5.69 Å². The van der Waals surface area contributed by atoms with Gasteiger partial charge in [0.2, 0.25) is 0 Å². The molecule has 2 aromatic heterocycles. The first-order valence-corrected chi connectivity index (χ1v) is 9.56. The highest BCUT2D eigenvalue weighted by atomic mass is 16.5. The first-order chi connectivity index (χ1) is 14.5. The molecular formula is C24H22N4O2. The fourth-order valence-electron chi connectivity index (χ4n) is 3.14. The van der Waals surface area contributed by atoms with E-state index in [0.717, 1.165) is 22.6 Å². The third-order valence-electron chi connectivity index (χ3n) is 4.76. The molecule has 0 saturated carbocycles. The van der Waals surface area contributed by atoms with E-state index >= 15 is 0 Å². The lowest BCUT2D eigenvalue weighted by molar-refractivity contribution is 0.484. The van der Waals surface area contributed by atoms with Crippen molar-refractivity contribution in [1.82, 2.24) is 14.8 Å². The summed E-state index contributed by atoms with van der Waals surface area (Å²) in [5, 5.41) is 4.58. The van der Waals surface area contributed by atoms with Crippen LogP contribution < -0.4 is 15.2 Å². The molecule has 4 rings (SSSR count). The smallest absolute Gasteiger partial charge is 0.267 e. The van der Waals surface area contributed by atoms with Gasteiger partial charge in [-0.25, -0.2) is 4.68 Å². The maximum atomic E-state index is 12.4.